The molecule has 5 nitrogen and oxygen atoms in total. The number of fused-ring (bicyclic) bond motifs is 5. The first-order chi connectivity index (χ1) is 14.2. The van der Waals surface area contributed by atoms with E-state index in [2.05, 4.69) is 0 Å². The molecule has 172 valence electrons. The van der Waals surface area contributed by atoms with Crippen molar-refractivity contribution in [2.24, 2.45) is 29.6 Å². The number of rotatable bonds is 5. The van der Waals surface area contributed by atoms with Gasteiger partial charge in [0.05, 0.1) is 12.2 Å². The number of hydrogen-bond donors (Lipinski definition) is 1. The average molecular weight is 449 g/mol. The monoisotopic (exact) mass is 448 g/mol. The molecule has 5 unspecified atom stereocenters. The van der Waals surface area contributed by atoms with E-state index in [1.54, 1.807) is 0 Å². The van der Waals surface area contributed by atoms with Crippen LogP contribution in [0.5, 0.6) is 0 Å². The maximum absolute atomic E-state index is 14.1. The molecule has 8 heteroatoms. The van der Waals surface area contributed by atoms with Crippen LogP contribution in [0.25, 0.3) is 0 Å². The molecule has 0 aromatic heterocycles. The lowest BCUT2D eigenvalue weighted by Crippen LogP contribution is -2.49. The fourth-order valence-electron chi connectivity index (χ4n) is 7.53. The molecule has 4 saturated carbocycles. The number of hydrogen-bond acceptors (Lipinski definition) is 4. The van der Waals surface area contributed by atoms with Gasteiger partial charge in [0, 0.05) is 18.3 Å². The molecule has 0 radical (unpaired) electrons. The highest BCUT2D eigenvalue weighted by atomic mass is 32.2. The van der Waals surface area contributed by atoms with E-state index < -0.39 is 33.5 Å². The summed E-state index contributed by atoms with van der Waals surface area (Å²) in [5.74, 6) is -0.245. The number of alkyl halides is 2. The van der Waals surface area contributed by atoms with Crippen molar-refractivity contribution in [2.45, 2.75) is 107 Å². The third-order valence-electron chi connectivity index (χ3n) is 8.86. The molecule has 0 aromatic carbocycles. The maximum Gasteiger partial charge on any atom is 0.370 e. The van der Waals surface area contributed by atoms with E-state index in [-0.39, 0.29) is 24.0 Å². The van der Waals surface area contributed by atoms with Crippen LogP contribution in [0.2, 0.25) is 0 Å². The molecule has 2 bridgehead atoms. The highest BCUT2D eigenvalue weighted by Crippen LogP contribution is 2.61. The summed E-state index contributed by atoms with van der Waals surface area (Å²) < 4.78 is 73.1. The Morgan fingerprint density at radius 3 is 1.93 bits per heavy atom. The van der Waals surface area contributed by atoms with Crippen LogP contribution < -0.4 is 0 Å². The third kappa shape index (κ3) is 3.44. The van der Waals surface area contributed by atoms with Gasteiger partial charge < -0.3 is 9.47 Å². The molecule has 1 saturated heterocycles. The lowest BCUT2D eigenvalue weighted by Gasteiger charge is -2.46. The van der Waals surface area contributed by atoms with Crippen molar-refractivity contribution in [1.82, 2.24) is 0 Å². The SMILES string of the molecule is O=S(=O)(O)C(F)(F)CC1CC2CC1C1OC(C3CCCCC3)(C3CCCCC3)OC21. The summed E-state index contributed by atoms with van der Waals surface area (Å²) in [5, 5.41) is -4.10. The Morgan fingerprint density at radius 2 is 1.40 bits per heavy atom. The maximum atomic E-state index is 14.1. The van der Waals surface area contributed by atoms with Crippen molar-refractivity contribution < 1.29 is 31.2 Å². The zero-order valence-corrected chi connectivity index (χ0v) is 18.3. The third-order valence-corrected chi connectivity index (χ3v) is 9.78. The molecular formula is C22H34F2O5S. The van der Waals surface area contributed by atoms with Crippen molar-refractivity contribution in [2.75, 3.05) is 0 Å². The predicted octanol–water partition coefficient (Wildman–Crippen LogP) is 5.15. The minimum absolute atomic E-state index is 0.0468. The zero-order valence-electron chi connectivity index (χ0n) is 17.5. The Bertz CT molecular complexity index is 727. The summed E-state index contributed by atoms with van der Waals surface area (Å²) in [7, 11) is -5.39. The van der Waals surface area contributed by atoms with Crippen molar-refractivity contribution >= 4 is 10.1 Å². The number of ether oxygens (including phenoxy) is 2. The molecular weight excluding hydrogens is 414 g/mol. The molecule has 30 heavy (non-hydrogen) atoms. The molecule has 0 aromatic rings. The van der Waals surface area contributed by atoms with Crippen molar-refractivity contribution in [3.63, 3.8) is 0 Å². The highest BCUT2D eigenvalue weighted by Gasteiger charge is 2.66. The van der Waals surface area contributed by atoms with Gasteiger partial charge >= 0.3 is 15.4 Å². The second-order valence-corrected chi connectivity index (χ2v) is 12.1. The van der Waals surface area contributed by atoms with Crippen LogP contribution >= 0.6 is 0 Å². The molecule has 0 spiro atoms. The fourth-order valence-corrected chi connectivity index (χ4v) is 7.95. The Morgan fingerprint density at radius 1 is 0.867 bits per heavy atom. The van der Waals surface area contributed by atoms with Crippen LogP contribution in [0.1, 0.15) is 83.5 Å². The first-order valence-electron chi connectivity index (χ1n) is 11.9. The Hall–Kier alpha value is -0.310. The van der Waals surface area contributed by atoms with Gasteiger partial charge in [0.25, 0.3) is 0 Å². The van der Waals surface area contributed by atoms with Gasteiger partial charge in [-0.25, -0.2) is 0 Å². The Labute approximate surface area is 178 Å². The smallest absolute Gasteiger partial charge is 0.343 e. The standard InChI is InChI=1S/C22H34F2O5S/c23-21(24,30(25,26)27)13-15-11-14-12-18(15)20-19(14)28-22(29-20,16-7-3-1-4-8-16)17-9-5-2-6-10-17/h14-20H,1-13H2,(H,25,26,27). The average Bonchev–Trinajstić information content (AvgIpc) is 3.38. The van der Waals surface area contributed by atoms with Gasteiger partial charge in [0.2, 0.25) is 0 Å². The van der Waals surface area contributed by atoms with Crippen LogP contribution in [0, 0.1) is 29.6 Å². The quantitative estimate of drug-likeness (QED) is 0.589. The van der Waals surface area contributed by atoms with Crippen molar-refractivity contribution in [3.8, 4) is 0 Å². The van der Waals surface area contributed by atoms with E-state index in [1.165, 1.54) is 38.5 Å². The van der Waals surface area contributed by atoms with Crippen molar-refractivity contribution in [3.05, 3.63) is 0 Å². The zero-order chi connectivity index (χ0) is 21.1. The first kappa shape index (κ1) is 21.5. The van der Waals surface area contributed by atoms with E-state index in [4.69, 9.17) is 14.0 Å². The molecule has 1 aliphatic heterocycles. The van der Waals surface area contributed by atoms with E-state index >= 15 is 0 Å². The molecule has 1 N–H and O–H groups in total. The summed E-state index contributed by atoms with van der Waals surface area (Å²) >= 11 is 0. The van der Waals surface area contributed by atoms with E-state index in [0.29, 0.717) is 18.3 Å². The van der Waals surface area contributed by atoms with Gasteiger partial charge in [0.1, 0.15) is 0 Å². The lowest BCUT2D eigenvalue weighted by atomic mass is 9.72. The fraction of sp³-hybridized carbons (Fsp3) is 1.00. The molecule has 0 amide bonds. The summed E-state index contributed by atoms with van der Waals surface area (Å²) in [5.41, 5.74) is 0. The summed E-state index contributed by atoms with van der Waals surface area (Å²) in [6.07, 6.45) is 11.9. The van der Waals surface area contributed by atoms with Crippen LogP contribution in [-0.2, 0) is 19.6 Å². The molecule has 5 aliphatic rings. The van der Waals surface area contributed by atoms with Gasteiger partial charge in [-0.1, -0.05) is 38.5 Å². The minimum Gasteiger partial charge on any atom is -0.343 e. The van der Waals surface area contributed by atoms with Gasteiger partial charge in [-0.05, 0) is 56.3 Å². The van der Waals surface area contributed by atoms with Gasteiger partial charge in [-0.15, -0.1) is 0 Å². The van der Waals surface area contributed by atoms with Gasteiger partial charge in [0.15, 0.2) is 5.79 Å². The second-order valence-electron chi connectivity index (χ2n) is 10.5. The van der Waals surface area contributed by atoms with Gasteiger partial charge in [-0.2, -0.15) is 17.2 Å². The first-order valence-corrected chi connectivity index (χ1v) is 13.4. The molecule has 1 heterocycles. The van der Waals surface area contributed by atoms with Crippen LogP contribution in [0.3, 0.4) is 0 Å². The molecule has 5 fully saturated rings. The summed E-state index contributed by atoms with van der Waals surface area (Å²) in [6.45, 7) is 0. The number of halogens is 2. The van der Waals surface area contributed by atoms with E-state index in [1.807, 2.05) is 0 Å². The molecule has 4 aliphatic carbocycles. The van der Waals surface area contributed by atoms with Crippen LogP contribution in [0.4, 0.5) is 8.78 Å². The predicted molar refractivity (Wildman–Crippen MR) is 106 cm³/mol. The van der Waals surface area contributed by atoms with E-state index in [0.717, 1.165) is 32.1 Å². The minimum atomic E-state index is -5.39. The van der Waals surface area contributed by atoms with Crippen LogP contribution in [0.15, 0.2) is 0 Å². The second kappa shape index (κ2) is 7.63. The van der Waals surface area contributed by atoms with Crippen LogP contribution in [-0.4, -0.2) is 36.2 Å². The largest absolute Gasteiger partial charge is 0.370 e. The molecule has 5 atom stereocenters. The topological polar surface area (TPSA) is 72.8 Å². The molecule has 5 rings (SSSR count). The van der Waals surface area contributed by atoms with Gasteiger partial charge in [-0.3, -0.25) is 4.55 Å². The Balaban J connectivity index is 1.38. The lowest BCUT2D eigenvalue weighted by molar-refractivity contribution is -0.263. The summed E-state index contributed by atoms with van der Waals surface area (Å²) in [4.78, 5) is 0. The van der Waals surface area contributed by atoms with Crippen molar-refractivity contribution in [1.29, 1.82) is 0 Å². The summed E-state index contributed by atoms with van der Waals surface area (Å²) in [6, 6.07) is 0. The highest BCUT2D eigenvalue weighted by molar-refractivity contribution is 7.86. The normalized spacial score (nSPS) is 40.0. The Kier molecular flexibility index (Phi) is 5.48. The van der Waals surface area contributed by atoms with E-state index in [9.17, 15) is 17.2 Å².